The average Bonchev–Trinajstić information content (AvgIpc) is 2.98. The van der Waals surface area contributed by atoms with Crippen molar-refractivity contribution in [1.82, 2.24) is 15.2 Å². The quantitative estimate of drug-likeness (QED) is 0.795. The van der Waals surface area contributed by atoms with Gasteiger partial charge in [0.2, 0.25) is 0 Å². The predicted molar refractivity (Wildman–Crippen MR) is 79.3 cm³/mol. The normalized spacial score (nSPS) is 12.3. The highest BCUT2D eigenvalue weighted by molar-refractivity contribution is 5.69. The van der Waals surface area contributed by atoms with E-state index in [-0.39, 0.29) is 11.9 Å². The van der Waals surface area contributed by atoms with Crippen molar-refractivity contribution in [3.05, 3.63) is 48.0 Å². The number of carbonyl (C=O) groups excluding carboxylic acids is 1. The van der Waals surface area contributed by atoms with Crippen LogP contribution in [0.15, 0.2) is 36.7 Å². The van der Waals surface area contributed by atoms with Crippen LogP contribution in [0.5, 0.6) is 0 Å². The third kappa shape index (κ3) is 5.02. The lowest BCUT2D eigenvalue weighted by atomic mass is 9.89. The van der Waals surface area contributed by atoms with E-state index < -0.39 is 0 Å². The molecule has 0 aliphatic rings. The highest BCUT2D eigenvalue weighted by atomic mass is 16.5. The summed E-state index contributed by atoms with van der Waals surface area (Å²) in [5.74, 6) is 1.21. The van der Waals surface area contributed by atoms with E-state index in [0.717, 1.165) is 11.4 Å². The third-order valence-corrected chi connectivity index (χ3v) is 3.53. The molecule has 0 unspecified atom stereocenters. The molecular weight excluding hydrogens is 266 g/mol. The van der Waals surface area contributed by atoms with Crippen molar-refractivity contribution in [2.24, 2.45) is 11.8 Å². The Morgan fingerprint density at radius 2 is 2.05 bits per heavy atom. The van der Waals surface area contributed by atoms with Gasteiger partial charge >= 0.3 is 5.97 Å². The van der Waals surface area contributed by atoms with Gasteiger partial charge in [-0.25, -0.2) is 4.98 Å². The molecule has 0 bridgehead atoms. The molecule has 0 aliphatic carbocycles. The van der Waals surface area contributed by atoms with Crippen LogP contribution in [0.2, 0.25) is 0 Å². The molecule has 0 aliphatic heterocycles. The number of hydrogen-bond acceptors (Lipinski definition) is 4. The van der Waals surface area contributed by atoms with Crippen molar-refractivity contribution in [3.63, 3.8) is 0 Å². The van der Waals surface area contributed by atoms with Crippen LogP contribution in [0.4, 0.5) is 0 Å². The van der Waals surface area contributed by atoms with Gasteiger partial charge in [0.15, 0.2) is 0 Å². The van der Waals surface area contributed by atoms with Crippen LogP contribution in [-0.2, 0) is 22.6 Å². The highest BCUT2D eigenvalue weighted by Crippen LogP contribution is 2.20. The van der Waals surface area contributed by atoms with E-state index in [2.05, 4.69) is 29.0 Å². The van der Waals surface area contributed by atoms with Crippen molar-refractivity contribution in [1.29, 1.82) is 0 Å². The molecule has 1 atom stereocenters. The molecule has 1 aromatic carbocycles. The molecule has 0 amide bonds. The van der Waals surface area contributed by atoms with E-state index in [0.29, 0.717) is 25.4 Å². The Balaban J connectivity index is 1.83. The van der Waals surface area contributed by atoms with Gasteiger partial charge in [-0.15, -0.1) is 0 Å². The summed E-state index contributed by atoms with van der Waals surface area (Å²) in [5.41, 5.74) is 1.00. The van der Waals surface area contributed by atoms with Gasteiger partial charge in [-0.05, 0) is 17.4 Å². The number of aromatic amines is 1. The monoisotopic (exact) mass is 287 g/mol. The second-order valence-electron chi connectivity index (χ2n) is 5.49. The van der Waals surface area contributed by atoms with Crippen LogP contribution in [0, 0.1) is 11.8 Å². The van der Waals surface area contributed by atoms with Crippen LogP contribution in [0.25, 0.3) is 0 Å². The van der Waals surface area contributed by atoms with Crippen molar-refractivity contribution in [2.75, 3.05) is 0 Å². The molecular formula is C16H21N3O2. The van der Waals surface area contributed by atoms with Gasteiger partial charge in [0, 0.05) is 12.8 Å². The van der Waals surface area contributed by atoms with Crippen LogP contribution >= 0.6 is 0 Å². The fraction of sp³-hybridized carbons (Fsp3) is 0.438. The summed E-state index contributed by atoms with van der Waals surface area (Å²) in [5, 5.41) is 6.68. The average molecular weight is 287 g/mol. The second-order valence-corrected chi connectivity index (χ2v) is 5.49. The molecule has 0 spiro atoms. The summed E-state index contributed by atoms with van der Waals surface area (Å²) in [6.45, 7) is 4.53. The van der Waals surface area contributed by atoms with Gasteiger partial charge in [-0.3, -0.25) is 9.89 Å². The van der Waals surface area contributed by atoms with Gasteiger partial charge in [0.25, 0.3) is 0 Å². The minimum Gasteiger partial charge on any atom is -0.461 e. The summed E-state index contributed by atoms with van der Waals surface area (Å²) in [4.78, 5) is 16.1. The predicted octanol–water partition coefficient (Wildman–Crippen LogP) is 2.75. The standard InChI is InChI=1S/C16H21N3O2/c1-12(2)14(8-15-17-11-18-19-15)9-16(20)21-10-13-6-4-3-5-7-13/h3-7,11-12,14H,8-10H2,1-2H3,(H,17,18,19)/t14-/m0/s1. The number of carbonyl (C=O) groups is 1. The summed E-state index contributed by atoms with van der Waals surface area (Å²) < 4.78 is 5.34. The van der Waals surface area contributed by atoms with Crippen LogP contribution in [-0.4, -0.2) is 21.2 Å². The molecule has 112 valence electrons. The summed E-state index contributed by atoms with van der Waals surface area (Å²) in [6, 6.07) is 9.70. The zero-order chi connectivity index (χ0) is 15.1. The van der Waals surface area contributed by atoms with Gasteiger partial charge in [-0.1, -0.05) is 44.2 Å². The van der Waals surface area contributed by atoms with E-state index in [1.165, 1.54) is 6.33 Å². The fourth-order valence-corrected chi connectivity index (χ4v) is 2.13. The van der Waals surface area contributed by atoms with Gasteiger partial charge < -0.3 is 4.74 Å². The SMILES string of the molecule is CC(C)[C@H](CC(=O)OCc1ccccc1)Cc1ncn[nH]1. The topological polar surface area (TPSA) is 67.9 Å². The minimum absolute atomic E-state index is 0.169. The number of aromatic nitrogens is 3. The number of benzene rings is 1. The van der Waals surface area contributed by atoms with E-state index in [9.17, 15) is 4.79 Å². The van der Waals surface area contributed by atoms with Crippen molar-refractivity contribution < 1.29 is 9.53 Å². The van der Waals surface area contributed by atoms with Gasteiger partial charge in [-0.2, -0.15) is 5.10 Å². The van der Waals surface area contributed by atoms with E-state index >= 15 is 0 Å². The second kappa shape index (κ2) is 7.57. The Hall–Kier alpha value is -2.17. The highest BCUT2D eigenvalue weighted by Gasteiger charge is 2.20. The summed E-state index contributed by atoms with van der Waals surface area (Å²) in [7, 11) is 0. The lowest BCUT2D eigenvalue weighted by Gasteiger charge is -2.18. The molecule has 1 N–H and O–H groups in total. The summed E-state index contributed by atoms with van der Waals surface area (Å²) >= 11 is 0. The maximum Gasteiger partial charge on any atom is 0.306 e. The zero-order valence-corrected chi connectivity index (χ0v) is 12.5. The molecule has 1 aromatic heterocycles. The number of nitrogens with zero attached hydrogens (tertiary/aromatic N) is 2. The Morgan fingerprint density at radius 1 is 1.29 bits per heavy atom. The van der Waals surface area contributed by atoms with Crippen molar-refractivity contribution >= 4 is 5.97 Å². The molecule has 5 nitrogen and oxygen atoms in total. The van der Waals surface area contributed by atoms with Crippen LogP contribution in [0.3, 0.4) is 0 Å². The first-order chi connectivity index (χ1) is 10.1. The number of rotatable bonds is 7. The lowest BCUT2D eigenvalue weighted by Crippen LogP contribution is -2.19. The van der Waals surface area contributed by atoms with E-state index in [1.54, 1.807) is 0 Å². The molecule has 0 radical (unpaired) electrons. The van der Waals surface area contributed by atoms with Crippen LogP contribution < -0.4 is 0 Å². The zero-order valence-electron chi connectivity index (χ0n) is 12.5. The lowest BCUT2D eigenvalue weighted by molar-refractivity contribution is -0.146. The smallest absolute Gasteiger partial charge is 0.306 e. The fourth-order valence-electron chi connectivity index (χ4n) is 2.13. The molecule has 2 aromatic rings. The van der Waals surface area contributed by atoms with E-state index in [1.807, 2.05) is 30.3 Å². The van der Waals surface area contributed by atoms with E-state index in [4.69, 9.17) is 4.74 Å². The van der Waals surface area contributed by atoms with Crippen LogP contribution in [0.1, 0.15) is 31.7 Å². The Labute approximate surface area is 124 Å². The largest absolute Gasteiger partial charge is 0.461 e. The van der Waals surface area contributed by atoms with Crippen molar-refractivity contribution in [3.8, 4) is 0 Å². The maximum absolute atomic E-state index is 12.0. The van der Waals surface area contributed by atoms with Gasteiger partial charge in [0.05, 0.1) is 0 Å². The molecule has 2 rings (SSSR count). The number of esters is 1. The molecule has 0 saturated heterocycles. The Kier molecular flexibility index (Phi) is 5.49. The summed E-state index contributed by atoms with van der Waals surface area (Å²) in [6.07, 6.45) is 2.59. The Morgan fingerprint density at radius 3 is 2.67 bits per heavy atom. The molecule has 5 heteroatoms. The molecule has 21 heavy (non-hydrogen) atoms. The molecule has 0 fully saturated rings. The minimum atomic E-state index is -0.169. The maximum atomic E-state index is 12.0. The number of nitrogens with one attached hydrogen (secondary N) is 1. The molecule has 0 saturated carbocycles. The molecule has 1 heterocycles. The third-order valence-electron chi connectivity index (χ3n) is 3.53. The first-order valence-electron chi connectivity index (χ1n) is 7.19. The van der Waals surface area contributed by atoms with Crippen molar-refractivity contribution in [2.45, 2.75) is 33.3 Å². The number of ether oxygens (including phenoxy) is 1. The van der Waals surface area contributed by atoms with Gasteiger partial charge in [0.1, 0.15) is 18.8 Å². The number of H-pyrrole nitrogens is 1. The first-order valence-corrected chi connectivity index (χ1v) is 7.19. The Bertz CT molecular complexity index is 538. The first kappa shape index (κ1) is 15.2. The number of hydrogen-bond donors (Lipinski definition) is 1.